The van der Waals surface area contributed by atoms with Gasteiger partial charge in [0.05, 0.1) is 26.3 Å². The number of quaternary nitrogens is 1. The molecule has 0 amide bonds. The maximum absolute atomic E-state index is 5.36. The zero-order valence-corrected chi connectivity index (χ0v) is 13.0. The zero-order chi connectivity index (χ0) is 13.6. The summed E-state index contributed by atoms with van der Waals surface area (Å²) in [5, 5.41) is 2.12. The Morgan fingerprint density at radius 2 is 2.10 bits per heavy atom. The topological polar surface area (TPSA) is 26.0 Å². The molecule has 0 radical (unpaired) electrons. The summed E-state index contributed by atoms with van der Waals surface area (Å²) in [6.45, 7) is 6.06. The van der Waals surface area contributed by atoms with Gasteiger partial charge in [0.15, 0.2) is 0 Å². The van der Waals surface area contributed by atoms with Gasteiger partial charge >= 0.3 is 0 Å². The summed E-state index contributed by atoms with van der Waals surface area (Å²) >= 11 is 3.60. The molecule has 1 fully saturated rings. The Balaban J connectivity index is 1.49. The molecular formula is C15H19N2OS2+. The molecule has 2 aromatic rings. The first-order chi connectivity index (χ1) is 9.92. The monoisotopic (exact) mass is 307 g/mol. The fraction of sp³-hybridized carbons (Fsp3) is 0.400. The van der Waals surface area contributed by atoms with E-state index in [1.165, 1.54) is 14.6 Å². The molecule has 1 aliphatic rings. The van der Waals surface area contributed by atoms with Crippen molar-refractivity contribution in [2.75, 3.05) is 39.4 Å². The van der Waals surface area contributed by atoms with E-state index in [1.54, 1.807) is 16.2 Å². The average Bonchev–Trinajstić information content (AvgIpc) is 3.15. The average molecular weight is 307 g/mol. The molecule has 2 aromatic heterocycles. The molecule has 0 unspecified atom stereocenters. The van der Waals surface area contributed by atoms with Crippen LogP contribution in [0.4, 0.5) is 0 Å². The summed E-state index contributed by atoms with van der Waals surface area (Å²) in [5.41, 5.74) is 0. The fourth-order valence-electron chi connectivity index (χ4n) is 2.26. The molecule has 0 aromatic carbocycles. The first kappa shape index (κ1) is 13.9. The summed E-state index contributed by atoms with van der Waals surface area (Å²) < 4.78 is 5.36. The van der Waals surface area contributed by atoms with Crippen LogP contribution in [0.5, 0.6) is 0 Å². The largest absolute Gasteiger partial charge is 0.370 e. The molecule has 0 bridgehead atoms. The van der Waals surface area contributed by atoms with Gasteiger partial charge in [0.1, 0.15) is 13.1 Å². The minimum Gasteiger partial charge on any atom is -0.370 e. The number of morpholine rings is 1. The molecule has 3 heterocycles. The lowest BCUT2D eigenvalue weighted by molar-refractivity contribution is -0.906. The molecule has 0 saturated carbocycles. The van der Waals surface area contributed by atoms with Crippen molar-refractivity contribution in [2.24, 2.45) is 4.99 Å². The van der Waals surface area contributed by atoms with Crippen LogP contribution < -0.4 is 4.90 Å². The number of nitrogens with zero attached hydrogens (tertiary/aromatic N) is 1. The van der Waals surface area contributed by atoms with Crippen LogP contribution >= 0.6 is 22.7 Å². The van der Waals surface area contributed by atoms with Gasteiger partial charge in [0.25, 0.3) is 0 Å². The Bertz CT molecular complexity index is 542. The highest BCUT2D eigenvalue weighted by Crippen LogP contribution is 2.30. The maximum atomic E-state index is 5.36. The number of hydrogen-bond donors (Lipinski definition) is 1. The van der Waals surface area contributed by atoms with Crippen molar-refractivity contribution < 1.29 is 9.64 Å². The van der Waals surface area contributed by atoms with E-state index in [9.17, 15) is 0 Å². The third-order valence-electron chi connectivity index (χ3n) is 3.40. The van der Waals surface area contributed by atoms with Gasteiger partial charge in [-0.1, -0.05) is 6.07 Å². The van der Waals surface area contributed by atoms with Gasteiger partial charge in [-0.15, -0.1) is 22.7 Å². The van der Waals surface area contributed by atoms with Crippen LogP contribution in [-0.4, -0.2) is 45.6 Å². The second kappa shape index (κ2) is 7.13. The Morgan fingerprint density at radius 1 is 1.20 bits per heavy atom. The van der Waals surface area contributed by atoms with Crippen molar-refractivity contribution in [3.8, 4) is 9.75 Å². The van der Waals surface area contributed by atoms with Crippen molar-refractivity contribution in [3.63, 3.8) is 0 Å². The Kier molecular flexibility index (Phi) is 4.97. The SMILES string of the molecule is C(=NCC[NH+]1CCOCC1)c1ccc(-c2cccs2)s1. The molecule has 3 rings (SSSR count). The van der Waals surface area contributed by atoms with Crippen LogP contribution in [0.3, 0.4) is 0 Å². The molecule has 0 aliphatic carbocycles. The molecule has 1 aliphatic heterocycles. The normalized spacial score (nSPS) is 17.0. The minimum atomic E-state index is 0.897. The molecule has 5 heteroatoms. The van der Waals surface area contributed by atoms with Crippen LogP contribution in [0.1, 0.15) is 4.88 Å². The van der Waals surface area contributed by atoms with Crippen LogP contribution in [0, 0.1) is 0 Å². The highest BCUT2D eigenvalue weighted by molar-refractivity contribution is 7.22. The van der Waals surface area contributed by atoms with Gasteiger partial charge in [-0.25, -0.2) is 0 Å². The van der Waals surface area contributed by atoms with E-state index in [2.05, 4.69) is 34.6 Å². The lowest BCUT2D eigenvalue weighted by Gasteiger charge is -2.22. The molecule has 3 nitrogen and oxygen atoms in total. The lowest BCUT2D eigenvalue weighted by Crippen LogP contribution is -3.14. The first-order valence-corrected chi connectivity index (χ1v) is 8.66. The Hall–Kier alpha value is -1.01. The predicted molar refractivity (Wildman–Crippen MR) is 86.5 cm³/mol. The molecule has 0 spiro atoms. The van der Waals surface area contributed by atoms with Gasteiger partial charge in [-0.05, 0) is 23.6 Å². The van der Waals surface area contributed by atoms with Crippen molar-refractivity contribution in [2.45, 2.75) is 0 Å². The van der Waals surface area contributed by atoms with Crippen molar-refractivity contribution >= 4 is 28.9 Å². The second-order valence-electron chi connectivity index (χ2n) is 4.83. The van der Waals surface area contributed by atoms with Gasteiger partial charge in [-0.2, -0.15) is 0 Å². The van der Waals surface area contributed by atoms with Gasteiger partial charge in [-0.3, -0.25) is 4.99 Å². The highest BCUT2D eigenvalue weighted by Gasteiger charge is 2.12. The summed E-state index contributed by atoms with van der Waals surface area (Å²) in [4.78, 5) is 10.1. The zero-order valence-electron chi connectivity index (χ0n) is 11.4. The molecule has 0 atom stereocenters. The maximum Gasteiger partial charge on any atom is 0.101 e. The number of thiophene rings is 2. The summed E-state index contributed by atoms with van der Waals surface area (Å²) in [5.74, 6) is 0. The lowest BCUT2D eigenvalue weighted by atomic mass is 10.4. The van der Waals surface area contributed by atoms with E-state index in [4.69, 9.17) is 4.74 Å². The van der Waals surface area contributed by atoms with Crippen LogP contribution in [0.25, 0.3) is 9.75 Å². The number of aliphatic imine (C=N–C) groups is 1. The molecular weight excluding hydrogens is 288 g/mol. The summed E-state index contributed by atoms with van der Waals surface area (Å²) in [7, 11) is 0. The fourth-order valence-corrected chi connectivity index (χ4v) is 4.00. The molecule has 106 valence electrons. The van der Waals surface area contributed by atoms with Gasteiger partial charge < -0.3 is 9.64 Å². The smallest absolute Gasteiger partial charge is 0.101 e. The van der Waals surface area contributed by atoms with Gasteiger partial charge in [0.2, 0.25) is 0 Å². The van der Waals surface area contributed by atoms with E-state index in [0.717, 1.165) is 39.4 Å². The van der Waals surface area contributed by atoms with Crippen LogP contribution in [0.2, 0.25) is 0 Å². The number of nitrogens with one attached hydrogen (secondary N) is 1. The second-order valence-corrected chi connectivity index (χ2v) is 6.89. The van der Waals surface area contributed by atoms with E-state index in [0.29, 0.717) is 0 Å². The molecule has 1 N–H and O–H groups in total. The van der Waals surface area contributed by atoms with Crippen LogP contribution in [-0.2, 0) is 4.74 Å². The predicted octanol–water partition coefficient (Wildman–Crippen LogP) is 1.81. The highest BCUT2D eigenvalue weighted by atomic mass is 32.1. The Labute approximate surface area is 127 Å². The third kappa shape index (κ3) is 3.76. The van der Waals surface area contributed by atoms with Gasteiger partial charge in [0, 0.05) is 20.8 Å². The van der Waals surface area contributed by atoms with Crippen molar-refractivity contribution in [3.05, 3.63) is 34.5 Å². The van der Waals surface area contributed by atoms with Crippen LogP contribution in [0.15, 0.2) is 34.6 Å². The van der Waals surface area contributed by atoms with Crippen molar-refractivity contribution in [1.82, 2.24) is 0 Å². The van der Waals surface area contributed by atoms with Crippen molar-refractivity contribution in [1.29, 1.82) is 0 Å². The number of hydrogen-bond acceptors (Lipinski definition) is 4. The standard InChI is InChI=1S/C15H18N2OS2/c1-2-14(19-11-1)15-4-3-13(20-15)12-16-5-6-17-7-9-18-10-8-17/h1-4,11-12H,5-10H2/p+1. The Morgan fingerprint density at radius 3 is 2.90 bits per heavy atom. The quantitative estimate of drug-likeness (QED) is 0.838. The molecule has 20 heavy (non-hydrogen) atoms. The number of rotatable bonds is 5. The number of ether oxygens (including phenoxy) is 1. The molecule has 1 saturated heterocycles. The van der Waals surface area contributed by atoms with E-state index >= 15 is 0 Å². The van der Waals surface area contributed by atoms with E-state index in [-0.39, 0.29) is 0 Å². The summed E-state index contributed by atoms with van der Waals surface area (Å²) in [6.07, 6.45) is 2.02. The van der Waals surface area contributed by atoms with E-state index < -0.39 is 0 Å². The third-order valence-corrected chi connectivity index (χ3v) is 5.49. The minimum absolute atomic E-state index is 0.897. The first-order valence-electron chi connectivity index (χ1n) is 6.97. The summed E-state index contributed by atoms with van der Waals surface area (Å²) in [6, 6.07) is 8.60. The van der Waals surface area contributed by atoms with E-state index in [1.807, 2.05) is 17.6 Å².